The van der Waals surface area contributed by atoms with Gasteiger partial charge in [0.2, 0.25) is 0 Å². The summed E-state index contributed by atoms with van der Waals surface area (Å²) in [6.45, 7) is 14.0. The van der Waals surface area contributed by atoms with E-state index in [0.29, 0.717) is 12.0 Å². The minimum atomic E-state index is -0.135. The van der Waals surface area contributed by atoms with E-state index in [2.05, 4.69) is 59.0 Å². The van der Waals surface area contributed by atoms with Crippen molar-refractivity contribution in [2.75, 3.05) is 6.54 Å². The molecule has 1 N–H and O–H groups in total. The minimum absolute atomic E-state index is 0.0662. The van der Waals surface area contributed by atoms with Crippen molar-refractivity contribution in [1.82, 2.24) is 5.32 Å². The molecule has 2 nitrogen and oxygen atoms in total. The molecule has 2 unspecified atom stereocenters. The summed E-state index contributed by atoms with van der Waals surface area (Å²) in [4.78, 5) is 0. The summed E-state index contributed by atoms with van der Waals surface area (Å²) in [7, 11) is 0. The molecule has 0 radical (unpaired) electrons. The predicted octanol–water partition coefficient (Wildman–Crippen LogP) is 4.89. The molecule has 118 valence electrons. The van der Waals surface area contributed by atoms with Crippen LogP contribution in [0.25, 0.3) is 0 Å². The second-order valence-electron chi connectivity index (χ2n) is 7.32. The van der Waals surface area contributed by atoms with Crippen molar-refractivity contribution >= 4 is 11.6 Å². The first-order valence-corrected chi connectivity index (χ1v) is 8.24. The SMILES string of the molecule is CCNC(c1ccc(Cl)c(C)c1)C1CC(C)(C)OC1(C)C. The van der Waals surface area contributed by atoms with Gasteiger partial charge in [-0.05, 0) is 64.8 Å². The first kappa shape index (κ1) is 16.8. The van der Waals surface area contributed by atoms with Gasteiger partial charge in [-0.2, -0.15) is 0 Å². The molecular formula is C18H28ClNO. The Labute approximate surface area is 134 Å². The molecule has 1 aromatic rings. The number of benzene rings is 1. The Bertz CT molecular complexity index is 510. The molecule has 0 amide bonds. The van der Waals surface area contributed by atoms with E-state index in [1.807, 2.05) is 6.07 Å². The highest BCUT2D eigenvalue weighted by atomic mass is 35.5. The smallest absolute Gasteiger partial charge is 0.0681 e. The maximum Gasteiger partial charge on any atom is 0.0681 e. The lowest BCUT2D eigenvalue weighted by Crippen LogP contribution is -2.38. The number of halogens is 1. The number of hydrogen-bond acceptors (Lipinski definition) is 2. The summed E-state index contributed by atoms with van der Waals surface area (Å²) in [5.74, 6) is 0.438. The van der Waals surface area contributed by atoms with Crippen molar-refractivity contribution in [3.63, 3.8) is 0 Å². The van der Waals surface area contributed by atoms with E-state index in [0.717, 1.165) is 23.6 Å². The molecule has 1 saturated heterocycles. The third-order valence-electron chi connectivity index (χ3n) is 4.51. The van der Waals surface area contributed by atoms with Crippen molar-refractivity contribution < 1.29 is 4.74 Å². The van der Waals surface area contributed by atoms with Crippen LogP contribution < -0.4 is 5.32 Å². The molecule has 1 fully saturated rings. The van der Waals surface area contributed by atoms with Crippen molar-refractivity contribution in [3.8, 4) is 0 Å². The van der Waals surface area contributed by atoms with Crippen molar-refractivity contribution in [2.45, 2.75) is 65.2 Å². The van der Waals surface area contributed by atoms with E-state index >= 15 is 0 Å². The summed E-state index contributed by atoms with van der Waals surface area (Å²) in [5.41, 5.74) is 2.24. The van der Waals surface area contributed by atoms with Crippen LogP contribution in [0.3, 0.4) is 0 Å². The lowest BCUT2D eigenvalue weighted by molar-refractivity contribution is -0.0778. The average molecular weight is 310 g/mol. The van der Waals surface area contributed by atoms with E-state index < -0.39 is 0 Å². The highest BCUT2D eigenvalue weighted by Crippen LogP contribution is 2.47. The maximum absolute atomic E-state index is 6.29. The van der Waals surface area contributed by atoms with E-state index in [1.165, 1.54) is 5.56 Å². The molecular weight excluding hydrogens is 282 g/mol. The van der Waals surface area contributed by atoms with Crippen LogP contribution in [0.15, 0.2) is 18.2 Å². The van der Waals surface area contributed by atoms with Gasteiger partial charge in [-0.1, -0.05) is 30.7 Å². The Morgan fingerprint density at radius 3 is 2.48 bits per heavy atom. The van der Waals surface area contributed by atoms with Crippen LogP contribution in [-0.4, -0.2) is 17.7 Å². The zero-order chi connectivity index (χ0) is 15.8. The first-order chi connectivity index (χ1) is 9.66. The van der Waals surface area contributed by atoms with Gasteiger partial charge in [0.05, 0.1) is 11.2 Å². The van der Waals surface area contributed by atoms with Crippen LogP contribution >= 0.6 is 11.6 Å². The quantitative estimate of drug-likeness (QED) is 0.854. The summed E-state index contributed by atoms with van der Waals surface area (Å²) >= 11 is 6.18. The zero-order valence-electron chi connectivity index (χ0n) is 14.1. The number of nitrogens with one attached hydrogen (secondary N) is 1. The number of aryl methyl sites for hydroxylation is 1. The summed E-state index contributed by atoms with van der Waals surface area (Å²) < 4.78 is 6.29. The third kappa shape index (κ3) is 3.61. The van der Waals surface area contributed by atoms with Gasteiger partial charge >= 0.3 is 0 Å². The third-order valence-corrected chi connectivity index (χ3v) is 4.94. The Morgan fingerprint density at radius 2 is 2.00 bits per heavy atom. The summed E-state index contributed by atoms with van der Waals surface area (Å²) in [6.07, 6.45) is 1.05. The normalized spacial score (nSPS) is 25.0. The van der Waals surface area contributed by atoms with Crippen LogP contribution in [0.1, 0.15) is 58.2 Å². The molecule has 2 atom stereocenters. The fourth-order valence-corrected chi connectivity index (χ4v) is 3.82. The Morgan fingerprint density at radius 1 is 1.33 bits per heavy atom. The fraction of sp³-hybridized carbons (Fsp3) is 0.667. The van der Waals surface area contributed by atoms with Gasteiger partial charge in [0, 0.05) is 17.0 Å². The molecule has 0 aliphatic carbocycles. The fourth-order valence-electron chi connectivity index (χ4n) is 3.70. The first-order valence-electron chi connectivity index (χ1n) is 7.86. The molecule has 1 heterocycles. The Hall–Kier alpha value is -0.570. The molecule has 3 heteroatoms. The lowest BCUT2D eigenvalue weighted by atomic mass is 9.78. The average Bonchev–Trinajstić information content (AvgIpc) is 2.58. The highest BCUT2D eigenvalue weighted by molar-refractivity contribution is 6.31. The predicted molar refractivity (Wildman–Crippen MR) is 90.0 cm³/mol. The van der Waals surface area contributed by atoms with Crippen LogP contribution in [0, 0.1) is 12.8 Å². The Kier molecular flexibility index (Phi) is 4.72. The number of rotatable bonds is 4. The molecule has 1 aliphatic rings. The topological polar surface area (TPSA) is 21.3 Å². The molecule has 0 bridgehead atoms. The summed E-state index contributed by atoms with van der Waals surface area (Å²) in [6, 6.07) is 6.65. The number of ether oxygens (including phenoxy) is 1. The van der Waals surface area contributed by atoms with Crippen LogP contribution in [0.5, 0.6) is 0 Å². The molecule has 21 heavy (non-hydrogen) atoms. The van der Waals surface area contributed by atoms with Crippen LogP contribution in [0.2, 0.25) is 5.02 Å². The van der Waals surface area contributed by atoms with Gasteiger partial charge in [-0.15, -0.1) is 0 Å². The second-order valence-corrected chi connectivity index (χ2v) is 7.73. The zero-order valence-corrected chi connectivity index (χ0v) is 14.8. The molecule has 0 saturated carbocycles. The van der Waals surface area contributed by atoms with Gasteiger partial charge in [0.15, 0.2) is 0 Å². The van der Waals surface area contributed by atoms with Gasteiger partial charge < -0.3 is 10.1 Å². The van der Waals surface area contributed by atoms with Crippen LogP contribution in [0.4, 0.5) is 0 Å². The molecule has 2 rings (SSSR count). The molecule has 1 aliphatic heterocycles. The van der Waals surface area contributed by atoms with E-state index in [1.54, 1.807) is 0 Å². The van der Waals surface area contributed by atoms with Crippen molar-refractivity contribution in [2.24, 2.45) is 5.92 Å². The van der Waals surface area contributed by atoms with Gasteiger partial charge in [0.25, 0.3) is 0 Å². The molecule has 0 spiro atoms. The molecule has 1 aromatic carbocycles. The summed E-state index contributed by atoms with van der Waals surface area (Å²) in [5, 5.41) is 4.49. The lowest BCUT2D eigenvalue weighted by Gasteiger charge is -2.34. The number of hydrogen-bond donors (Lipinski definition) is 1. The van der Waals surface area contributed by atoms with E-state index in [4.69, 9.17) is 16.3 Å². The monoisotopic (exact) mass is 309 g/mol. The van der Waals surface area contributed by atoms with Gasteiger partial charge in [0.1, 0.15) is 0 Å². The van der Waals surface area contributed by atoms with Crippen molar-refractivity contribution in [1.29, 1.82) is 0 Å². The maximum atomic E-state index is 6.29. The largest absolute Gasteiger partial charge is 0.369 e. The standard InChI is InChI=1S/C18H28ClNO/c1-7-20-16(13-8-9-15(19)12(2)10-13)14-11-17(3,4)21-18(14,5)6/h8-10,14,16,20H,7,11H2,1-6H3. The van der Waals surface area contributed by atoms with Crippen molar-refractivity contribution in [3.05, 3.63) is 34.3 Å². The van der Waals surface area contributed by atoms with E-state index in [9.17, 15) is 0 Å². The minimum Gasteiger partial charge on any atom is -0.369 e. The van der Waals surface area contributed by atoms with Crippen LogP contribution in [-0.2, 0) is 4.74 Å². The second kappa shape index (κ2) is 5.91. The van der Waals surface area contributed by atoms with Gasteiger partial charge in [-0.25, -0.2) is 0 Å². The van der Waals surface area contributed by atoms with Gasteiger partial charge in [-0.3, -0.25) is 0 Å². The highest BCUT2D eigenvalue weighted by Gasteiger charge is 2.49. The Balaban J connectivity index is 2.36. The van der Waals surface area contributed by atoms with E-state index in [-0.39, 0.29) is 11.2 Å². The molecule has 0 aromatic heterocycles.